The Morgan fingerprint density at radius 1 is 1.20 bits per heavy atom. The molecule has 1 aliphatic heterocycles. The fourth-order valence-electron chi connectivity index (χ4n) is 2.50. The number of benzene rings is 2. The summed E-state index contributed by atoms with van der Waals surface area (Å²) in [6, 6.07) is 7.49. The molecule has 2 aromatic carbocycles. The second-order valence-corrected chi connectivity index (χ2v) is 8.54. The van der Waals surface area contributed by atoms with Crippen molar-refractivity contribution >= 4 is 51.0 Å². The van der Waals surface area contributed by atoms with Crippen LogP contribution in [0, 0.1) is 15.5 Å². The van der Waals surface area contributed by atoms with Gasteiger partial charge in [-0.1, -0.05) is 23.2 Å². The highest BCUT2D eigenvalue weighted by Crippen LogP contribution is 2.38. The van der Waals surface area contributed by atoms with E-state index in [2.05, 4.69) is 9.71 Å². The maximum absolute atomic E-state index is 12.6. The number of allylic oxidation sites excluding steroid dienone is 1. The van der Waals surface area contributed by atoms with Crippen molar-refractivity contribution in [3.05, 3.63) is 68.2 Å². The SMILES string of the molecule is N=C(NS(=O)(=O)c1cc(Cl)c(Oc2ccc([N+](=O)[O-])cc2)c(Cl)c1)C1=CC=NCC1. The van der Waals surface area contributed by atoms with E-state index in [0.717, 1.165) is 12.1 Å². The van der Waals surface area contributed by atoms with E-state index in [1.54, 1.807) is 6.08 Å². The molecule has 0 fully saturated rings. The number of hydrogen-bond donors (Lipinski definition) is 2. The molecule has 0 aromatic heterocycles. The highest BCUT2D eigenvalue weighted by atomic mass is 35.5. The molecule has 9 nitrogen and oxygen atoms in total. The summed E-state index contributed by atoms with van der Waals surface area (Å²) in [6.45, 7) is 0.474. The summed E-state index contributed by atoms with van der Waals surface area (Å²) < 4.78 is 33.0. The van der Waals surface area contributed by atoms with Gasteiger partial charge in [0.1, 0.15) is 11.6 Å². The van der Waals surface area contributed by atoms with Crippen LogP contribution in [0.15, 0.2) is 57.9 Å². The number of sulfonamides is 1. The third kappa shape index (κ3) is 4.96. The van der Waals surface area contributed by atoms with Crippen molar-refractivity contribution in [1.29, 1.82) is 5.41 Å². The van der Waals surface area contributed by atoms with Crippen LogP contribution in [0.25, 0.3) is 0 Å². The second-order valence-electron chi connectivity index (χ2n) is 6.05. The van der Waals surface area contributed by atoms with E-state index < -0.39 is 14.9 Å². The summed E-state index contributed by atoms with van der Waals surface area (Å²) >= 11 is 12.3. The monoisotopic (exact) mass is 468 g/mol. The van der Waals surface area contributed by atoms with Crippen molar-refractivity contribution in [1.82, 2.24) is 4.72 Å². The molecule has 0 bridgehead atoms. The number of dihydropyridines is 1. The standard InChI is InChI=1S/C18H14Cl2N4O5S/c19-15-9-14(30(27,28)23-18(21)11-5-7-22-8-6-11)10-16(20)17(15)29-13-3-1-12(2-4-13)24(25)26/h1-5,7,9-10H,6,8H2,(H2,21,23). The smallest absolute Gasteiger partial charge is 0.269 e. The summed E-state index contributed by atoms with van der Waals surface area (Å²) in [5.41, 5.74) is 0.387. The fraction of sp³-hybridized carbons (Fsp3) is 0.111. The average molecular weight is 469 g/mol. The molecule has 0 radical (unpaired) electrons. The third-order valence-corrected chi connectivity index (χ3v) is 5.89. The number of aliphatic imine (C=N–C) groups is 1. The van der Waals surface area contributed by atoms with Crippen molar-refractivity contribution in [2.45, 2.75) is 11.3 Å². The molecule has 2 aromatic rings. The molecular formula is C18H14Cl2N4O5S. The minimum Gasteiger partial charge on any atom is -0.454 e. The number of ether oxygens (including phenoxy) is 1. The molecule has 1 aliphatic rings. The van der Waals surface area contributed by atoms with Crippen LogP contribution in [0.3, 0.4) is 0 Å². The highest BCUT2D eigenvalue weighted by Gasteiger charge is 2.22. The lowest BCUT2D eigenvalue weighted by atomic mass is 10.1. The minimum absolute atomic E-state index is 0.00702. The number of nitro benzene ring substituents is 1. The minimum atomic E-state index is -4.12. The third-order valence-electron chi connectivity index (χ3n) is 4.00. The summed E-state index contributed by atoms with van der Waals surface area (Å²) in [7, 11) is -4.12. The molecule has 1 heterocycles. The molecule has 0 spiro atoms. The van der Waals surface area contributed by atoms with Crippen LogP contribution in [0.4, 0.5) is 5.69 Å². The van der Waals surface area contributed by atoms with Gasteiger partial charge >= 0.3 is 0 Å². The molecule has 0 unspecified atom stereocenters. The lowest BCUT2D eigenvalue weighted by Crippen LogP contribution is -2.32. The second kappa shape index (κ2) is 8.82. The Morgan fingerprint density at radius 3 is 2.37 bits per heavy atom. The first kappa shape index (κ1) is 21.8. The van der Waals surface area contributed by atoms with E-state index in [9.17, 15) is 18.5 Å². The van der Waals surface area contributed by atoms with Gasteiger partial charge in [0.05, 0.1) is 19.9 Å². The normalized spacial score (nSPS) is 13.5. The van der Waals surface area contributed by atoms with Gasteiger partial charge in [-0.3, -0.25) is 25.2 Å². The number of nitrogens with zero attached hydrogens (tertiary/aromatic N) is 2. The summed E-state index contributed by atoms with van der Waals surface area (Å²) in [6.07, 6.45) is 3.52. The Hall–Kier alpha value is -2.95. The molecule has 0 saturated heterocycles. The van der Waals surface area contributed by atoms with E-state index in [-0.39, 0.29) is 38.0 Å². The van der Waals surface area contributed by atoms with Gasteiger partial charge in [-0.05, 0) is 42.3 Å². The molecule has 30 heavy (non-hydrogen) atoms. The zero-order valence-electron chi connectivity index (χ0n) is 15.1. The largest absolute Gasteiger partial charge is 0.454 e. The number of amidine groups is 1. The number of halogens is 2. The van der Waals surface area contributed by atoms with E-state index in [4.69, 9.17) is 33.3 Å². The Bertz CT molecular complexity index is 1150. The van der Waals surface area contributed by atoms with Crippen LogP contribution in [0.5, 0.6) is 11.5 Å². The van der Waals surface area contributed by atoms with Crippen molar-refractivity contribution < 1.29 is 18.1 Å². The topological polar surface area (TPSA) is 135 Å². The predicted molar refractivity (Wildman–Crippen MR) is 114 cm³/mol. The van der Waals surface area contributed by atoms with Crippen LogP contribution in [-0.2, 0) is 10.0 Å². The Labute approximate surface area is 181 Å². The lowest BCUT2D eigenvalue weighted by Gasteiger charge is -2.15. The number of hydrogen-bond acceptors (Lipinski definition) is 7. The lowest BCUT2D eigenvalue weighted by molar-refractivity contribution is -0.384. The maximum atomic E-state index is 12.6. The van der Waals surface area contributed by atoms with Crippen LogP contribution in [0.1, 0.15) is 6.42 Å². The highest BCUT2D eigenvalue weighted by molar-refractivity contribution is 7.90. The van der Waals surface area contributed by atoms with Gasteiger partial charge in [0.15, 0.2) is 5.75 Å². The predicted octanol–water partition coefficient (Wildman–Crippen LogP) is 4.35. The molecule has 0 saturated carbocycles. The van der Waals surface area contributed by atoms with Crippen LogP contribution in [-0.4, -0.2) is 31.9 Å². The van der Waals surface area contributed by atoms with Crippen LogP contribution < -0.4 is 9.46 Å². The van der Waals surface area contributed by atoms with Crippen LogP contribution >= 0.6 is 23.2 Å². The molecular weight excluding hydrogens is 455 g/mol. The van der Waals surface area contributed by atoms with E-state index in [1.807, 2.05) is 0 Å². The average Bonchev–Trinajstić information content (AvgIpc) is 2.71. The molecule has 156 valence electrons. The molecule has 0 atom stereocenters. The molecule has 0 aliphatic carbocycles. The van der Waals surface area contributed by atoms with Gasteiger partial charge < -0.3 is 4.74 Å². The number of non-ortho nitro benzene ring substituents is 1. The Balaban J connectivity index is 1.82. The number of nitro groups is 1. The van der Waals surface area contributed by atoms with Gasteiger partial charge in [0.25, 0.3) is 15.7 Å². The zero-order valence-corrected chi connectivity index (χ0v) is 17.5. The first-order valence-corrected chi connectivity index (χ1v) is 10.6. The van der Waals surface area contributed by atoms with Crippen LogP contribution in [0.2, 0.25) is 10.0 Å². The molecule has 12 heteroatoms. The zero-order chi connectivity index (χ0) is 21.9. The van der Waals surface area contributed by atoms with E-state index in [1.165, 1.54) is 30.5 Å². The van der Waals surface area contributed by atoms with Crippen molar-refractivity contribution in [2.24, 2.45) is 4.99 Å². The summed E-state index contributed by atoms with van der Waals surface area (Å²) in [4.78, 5) is 13.9. The molecule has 3 rings (SSSR count). The van der Waals surface area contributed by atoms with E-state index >= 15 is 0 Å². The maximum Gasteiger partial charge on any atom is 0.269 e. The number of rotatable bonds is 6. The van der Waals surface area contributed by atoms with Gasteiger partial charge in [0, 0.05) is 24.9 Å². The summed E-state index contributed by atoms with van der Waals surface area (Å²) in [5, 5.41) is 18.5. The first-order chi connectivity index (χ1) is 14.2. The Morgan fingerprint density at radius 2 is 1.83 bits per heavy atom. The van der Waals surface area contributed by atoms with Gasteiger partial charge in [-0.2, -0.15) is 0 Å². The van der Waals surface area contributed by atoms with Crippen molar-refractivity contribution in [3.63, 3.8) is 0 Å². The van der Waals surface area contributed by atoms with Gasteiger partial charge in [-0.15, -0.1) is 0 Å². The molecule has 0 amide bonds. The van der Waals surface area contributed by atoms with Gasteiger partial charge in [0.2, 0.25) is 0 Å². The fourth-order valence-corrected chi connectivity index (χ4v) is 4.25. The quantitative estimate of drug-likeness (QED) is 0.281. The summed E-state index contributed by atoms with van der Waals surface area (Å²) in [5.74, 6) is -0.0437. The Kier molecular flexibility index (Phi) is 6.40. The first-order valence-electron chi connectivity index (χ1n) is 8.39. The van der Waals surface area contributed by atoms with E-state index in [0.29, 0.717) is 18.5 Å². The molecule has 2 N–H and O–H groups in total. The number of nitrogens with one attached hydrogen (secondary N) is 2. The van der Waals surface area contributed by atoms with Gasteiger partial charge in [-0.25, -0.2) is 8.42 Å². The van der Waals surface area contributed by atoms with Crippen molar-refractivity contribution in [3.8, 4) is 11.5 Å². The van der Waals surface area contributed by atoms with Crippen molar-refractivity contribution in [2.75, 3.05) is 6.54 Å².